The Bertz CT molecular complexity index is 342. The molecule has 3 nitrogen and oxygen atoms in total. The molecule has 1 fully saturated rings. The predicted molar refractivity (Wildman–Crippen MR) is 83.7 cm³/mol. The fourth-order valence-corrected chi connectivity index (χ4v) is 2.56. The van der Waals surface area contributed by atoms with Crippen molar-refractivity contribution >= 4 is 28.3 Å². The molecule has 0 aromatic carbocycles. The summed E-state index contributed by atoms with van der Waals surface area (Å²) in [5.41, 5.74) is 1.14. The van der Waals surface area contributed by atoms with Crippen LogP contribution in [0.15, 0.2) is 22.9 Å². The Kier molecular flexibility index (Phi) is 8.62. The molecule has 0 radical (unpaired) electrons. The van der Waals surface area contributed by atoms with Crippen LogP contribution in [0.3, 0.4) is 0 Å². The maximum atomic E-state index is 5.68. The number of nitrogens with zero attached hydrogens (tertiary/aromatic N) is 1. The molecule has 1 aromatic rings. The van der Waals surface area contributed by atoms with Crippen LogP contribution < -0.4 is 5.32 Å². The highest BCUT2D eigenvalue weighted by Gasteiger charge is 2.11. The second kappa shape index (κ2) is 9.70. The fraction of sp³-hybridized carbons (Fsp3) is 0.643. The molecule has 1 saturated heterocycles. The Morgan fingerprint density at radius 2 is 2.11 bits per heavy atom. The minimum Gasteiger partial charge on any atom is -0.377 e. The highest BCUT2D eigenvalue weighted by Crippen LogP contribution is 2.17. The van der Waals surface area contributed by atoms with Crippen LogP contribution in [0.1, 0.15) is 31.2 Å². The lowest BCUT2D eigenvalue weighted by Crippen LogP contribution is -2.27. The smallest absolute Gasteiger partial charge is 0.106 e. The van der Waals surface area contributed by atoms with E-state index in [1.165, 1.54) is 38.8 Å². The van der Waals surface area contributed by atoms with Crippen LogP contribution in [0, 0.1) is 5.92 Å². The average Bonchev–Trinajstić information content (AvgIpc) is 2.42. The number of hydrogen-bond donors (Lipinski definition) is 1. The van der Waals surface area contributed by atoms with E-state index in [1.807, 2.05) is 18.3 Å². The monoisotopic (exact) mass is 348 g/mol. The second-order valence-electron chi connectivity index (χ2n) is 4.88. The van der Waals surface area contributed by atoms with Gasteiger partial charge in [-0.05, 0) is 72.3 Å². The number of rotatable bonds is 6. The lowest BCUT2D eigenvalue weighted by molar-refractivity contribution is 0.112. The Hall–Kier alpha value is -0.160. The van der Waals surface area contributed by atoms with Crippen LogP contribution in [-0.2, 0) is 11.3 Å². The van der Waals surface area contributed by atoms with E-state index in [0.29, 0.717) is 6.61 Å². The number of aromatic nitrogens is 1. The van der Waals surface area contributed by atoms with Crippen LogP contribution >= 0.6 is 28.3 Å². The van der Waals surface area contributed by atoms with E-state index < -0.39 is 0 Å². The summed E-state index contributed by atoms with van der Waals surface area (Å²) in [6.07, 6.45) is 7.00. The van der Waals surface area contributed by atoms with Crippen LogP contribution in [0.2, 0.25) is 0 Å². The molecular formula is C14H22BrClN2O. The number of halogens is 2. The van der Waals surface area contributed by atoms with Gasteiger partial charge in [-0.3, -0.25) is 0 Å². The zero-order valence-corrected chi connectivity index (χ0v) is 13.5. The number of ether oxygens (including phenoxy) is 1. The SMILES string of the molecule is Brc1ccc(COCCCC2CCNCC2)cn1.Cl. The maximum Gasteiger partial charge on any atom is 0.106 e. The maximum absolute atomic E-state index is 5.68. The van der Waals surface area contributed by atoms with Crippen molar-refractivity contribution in [3.63, 3.8) is 0 Å². The summed E-state index contributed by atoms with van der Waals surface area (Å²) < 4.78 is 6.55. The van der Waals surface area contributed by atoms with Crippen molar-refractivity contribution in [2.45, 2.75) is 32.3 Å². The summed E-state index contributed by atoms with van der Waals surface area (Å²) in [7, 11) is 0. The molecule has 0 atom stereocenters. The van der Waals surface area contributed by atoms with E-state index in [9.17, 15) is 0 Å². The molecule has 0 unspecified atom stereocenters. The lowest BCUT2D eigenvalue weighted by atomic mass is 9.93. The Morgan fingerprint density at radius 1 is 1.32 bits per heavy atom. The molecule has 108 valence electrons. The summed E-state index contributed by atoms with van der Waals surface area (Å²) in [4.78, 5) is 4.18. The summed E-state index contributed by atoms with van der Waals surface area (Å²) >= 11 is 3.33. The first-order valence-corrected chi connectivity index (χ1v) is 7.53. The predicted octanol–water partition coefficient (Wildman–Crippen LogP) is 3.56. The van der Waals surface area contributed by atoms with Gasteiger partial charge in [-0.25, -0.2) is 4.98 Å². The fourth-order valence-electron chi connectivity index (χ4n) is 2.33. The average molecular weight is 350 g/mol. The zero-order valence-electron chi connectivity index (χ0n) is 11.1. The van der Waals surface area contributed by atoms with Crippen LogP contribution in [0.4, 0.5) is 0 Å². The van der Waals surface area contributed by atoms with E-state index in [4.69, 9.17) is 4.74 Å². The van der Waals surface area contributed by atoms with Crippen molar-refractivity contribution in [1.82, 2.24) is 10.3 Å². The third-order valence-corrected chi connectivity index (χ3v) is 3.89. The summed E-state index contributed by atoms with van der Waals surface area (Å²) in [6, 6.07) is 4.00. The number of nitrogens with one attached hydrogen (secondary N) is 1. The first-order chi connectivity index (χ1) is 8.84. The van der Waals surface area contributed by atoms with Gasteiger partial charge in [0.15, 0.2) is 0 Å². The lowest BCUT2D eigenvalue weighted by Gasteiger charge is -2.22. The van der Waals surface area contributed by atoms with E-state index in [1.54, 1.807) is 0 Å². The quantitative estimate of drug-likeness (QED) is 0.630. The first-order valence-electron chi connectivity index (χ1n) is 6.73. The van der Waals surface area contributed by atoms with Gasteiger partial charge >= 0.3 is 0 Å². The minimum atomic E-state index is 0. The van der Waals surface area contributed by atoms with Gasteiger partial charge in [0, 0.05) is 12.8 Å². The zero-order chi connectivity index (χ0) is 12.6. The molecule has 1 aliphatic heterocycles. The highest BCUT2D eigenvalue weighted by atomic mass is 79.9. The minimum absolute atomic E-state index is 0. The molecule has 0 aliphatic carbocycles. The molecular weight excluding hydrogens is 328 g/mol. The standard InChI is InChI=1S/C14H21BrN2O.ClH/c15-14-4-3-13(10-17-14)11-18-9-1-2-12-5-7-16-8-6-12;/h3-4,10,12,16H,1-2,5-9,11H2;1H. The number of piperidine rings is 1. The summed E-state index contributed by atoms with van der Waals surface area (Å²) in [5, 5.41) is 3.40. The van der Waals surface area contributed by atoms with Gasteiger partial charge in [-0.1, -0.05) is 6.07 Å². The Balaban J connectivity index is 0.00000180. The van der Waals surface area contributed by atoms with Crippen molar-refractivity contribution in [3.8, 4) is 0 Å². The van der Waals surface area contributed by atoms with Crippen molar-refractivity contribution in [3.05, 3.63) is 28.5 Å². The van der Waals surface area contributed by atoms with Crippen molar-refractivity contribution in [1.29, 1.82) is 0 Å². The summed E-state index contributed by atoms with van der Waals surface area (Å²) in [5.74, 6) is 0.907. The van der Waals surface area contributed by atoms with E-state index >= 15 is 0 Å². The molecule has 5 heteroatoms. The molecule has 2 rings (SSSR count). The first kappa shape index (κ1) is 16.9. The van der Waals surface area contributed by atoms with Gasteiger partial charge < -0.3 is 10.1 Å². The van der Waals surface area contributed by atoms with Gasteiger partial charge in [0.1, 0.15) is 4.60 Å². The van der Waals surface area contributed by atoms with Crippen molar-refractivity contribution < 1.29 is 4.74 Å². The largest absolute Gasteiger partial charge is 0.377 e. The third kappa shape index (κ3) is 6.70. The van der Waals surface area contributed by atoms with Gasteiger partial charge in [-0.15, -0.1) is 12.4 Å². The molecule has 0 amide bonds. The third-order valence-electron chi connectivity index (χ3n) is 3.42. The number of pyridine rings is 1. The summed E-state index contributed by atoms with van der Waals surface area (Å²) in [6.45, 7) is 3.92. The van der Waals surface area contributed by atoms with Crippen LogP contribution in [0.25, 0.3) is 0 Å². The van der Waals surface area contributed by atoms with Crippen LogP contribution in [-0.4, -0.2) is 24.7 Å². The van der Waals surface area contributed by atoms with Crippen molar-refractivity contribution in [2.75, 3.05) is 19.7 Å². The van der Waals surface area contributed by atoms with Gasteiger partial charge in [0.05, 0.1) is 6.61 Å². The second-order valence-corrected chi connectivity index (χ2v) is 5.69. The van der Waals surface area contributed by atoms with Gasteiger partial charge in [0.25, 0.3) is 0 Å². The van der Waals surface area contributed by atoms with Crippen LogP contribution in [0.5, 0.6) is 0 Å². The van der Waals surface area contributed by atoms with E-state index in [2.05, 4.69) is 26.2 Å². The molecule has 1 aliphatic rings. The van der Waals surface area contributed by atoms with Crippen molar-refractivity contribution in [2.24, 2.45) is 5.92 Å². The molecule has 0 saturated carbocycles. The normalized spacial score (nSPS) is 16.1. The Morgan fingerprint density at radius 3 is 2.79 bits per heavy atom. The van der Waals surface area contributed by atoms with Gasteiger partial charge in [-0.2, -0.15) is 0 Å². The molecule has 1 N–H and O–H groups in total. The highest BCUT2D eigenvalue weighted by molar-refractivity contribution is 9.10. The van der Waals surface area contributed by atoms with E-state index in [-0.39, 0.29) is 12.4 Å². The molecule has 0 bridgehead atoms. The van der Waals surface area contributed by atoms with Gasteiger partial charge in [0.2, 0.25) is 0 Å². The molecule has 0 spiro atoms. The topological polar surface area (TPSA) is 34.1 Å². The van der Waals surface area contributed by atoms with E-state index in [0.717, 1.165) is 22.7 Å². The number of hydrogen-bond acceptors (Lipinski definition) is 3. The Labute approximate surface area is 130 Å². The molecule has 2 heterocycles. The molecule has 1 aromatic heterocycles. The molecule has 19 heavy (non-hydrogen) atoms.